The Morgan fingerprint density at radius 2 is 2.41 bits per heavy atom. The molecule has 1 N–H and O–H groups in total. The van der Waals surface area contributed by atoms with Crippen molar-refractivity contribution in [2.75, 3.05) is 26.7 Å². The molecule has 0 saturated carbocycles. The highest BCUT2D eigenvalue weighted by atomic mass is 32.2. The van der Waals surface area contributed by atoms with Gasteiger partial charge < -0.3 is 15.0 Å². The SMILES string of the molecule is CCCC1(OC)CCC2=C3CNCCC3N3CC=CSC1=C23. The molecule has 1 saturated heterocycles. The largest absolute Gasteiger partial charge is 0.373 e. The monoisotopic (exact) mass is 318 g/mol. The molecule has 4 heteroatoms. The van der Waals surface area contributed by atoms with Gasteiger partial charge in [-0.3, -0.25) is 0 Å². The lowest BCUT2D eigenvalue weighted by Crippen LogP contribution is -2.42. The van der Waals surface area contributed by atoms with Crippen molar-refractivity contribution in [3.63, 3.8) is 0 Å². The number of piperidine rings is 1. The van der Waals surface area contributed by atoms with Gasteiger partial charge in [0.2, 0.25) is 0 Å². The maximum Gasteiger partial charge on any atom is 0.101 e. The van der Waals surface area contributed by atoms with Gasteiger partial charge in [-0.15, -0.1) is 0 Å². The minimum absolute atomic E-state index is 0.0628. The minimum Gasteiger partial charge on any atom is -0.373 e. The van der Waals surface area contributed by atoms with E-state index in [0.29, 0.717) is 6.04 Å². The van der Waals surface area contributed by atoms with Gasteiger partial charge in [0.05, 0.1) is 11.7 Å². The Kier molecular flexibility index (Phi) is 3.87. The second-order valence-electron chi connectivity index (χ2n) is 6.75. The van der Waals surface area contributed by atoms with Crippen LogP contribution >= 0.6 is 11.8 Å². The van der Waals surface area contributed by atoms with Crippen LogP contribution in [-0.2, 0) is 4.74 Å². The van der Waals surface area contributed by atoms with Crippen molar-refractivity contribution in [2.45, 2.75) is 50.7 Å². The first kappa shape index (κ1) is 14.9. The lowest BCUT2D eigenvalue weighted by molar-refractivity contribution is 0.00923. The number of methoxy groups -OCH3 is 1. The van der Waals surface area contributed by atoms with Gasteiger partial charge in [-0.05, 0) is 48.8 Å². The Morgan fingerprint density at radius 3 is 3.23 bits per heavy atom. The van der Waals surface area contributed by atoms with Crippen molar-refractivity contribution < 1.29 is 4.74 Å². The van der Waals surface area contributed by atoms with Crippen molar-refractivity contribution in [3.8, 4) is 0 Å². The van der Waals surface area contributed by atoms with E-state index in [1.165, 1.54) is 29.9 Å². The Bertz CT molecular complexity index is 565. The lowest BCUT2D eigenvalue weighted by Gasteiger charge is -2.41. The number of nitrogens with one attached hydrogen (secondary N) is 1. The summed E-state index contributed by atoms with van der Waals surface area (Å²) >= 11 is 1.91. The van der Waals surface area contributed by atoms with Gasteiger partial charge in [-0.25, -0.2) is 0 Å². The van der Waals surface area contributed by atoms with E-state index in [-0.39, 0.29) is 5.60 Å². The fourth-order valence-corrected chi connectivity index (χ4v) is 5.86. The molecule has 3 aliphatic heterocycles. The van der Waals surface area contributed by atoms with E-state index in [2.05, 4.69) is 28.6 Å². The molecule has 120 valence electrons. The highest BCUT2D eigenvalue weighted by molar-refractivity contribution is 8.06. The number of allylic oxidation sites excluding steroid dienone is 1. The summed E-state index contributed by atoms with van der Waals surface area (Å²) in [5.41, 5.74) is 4.76. The first-order valence-corrected chi connectivity index (χ1v) is 9.50. The van der Waals surface area contributed by atoms with Crippen LogP contribution in [0.15, 0.2) is 33.2 Å². The van der Waals surface area contributed by atoms with Gasteiger partial charge in [0.25, 0.3) is 0 Å². The van der Waals surface area contributed by atoms with Crippen LogP contribution in [0.25, 0.3) is 0 Å². The Labute approximate surface area is 137 Å². The van der Waals surface area contributed by atoms with Crippen LogP contribution in [-0.4, -0.2) is 43.3 Å². The first-order valence-electron chi connectivity index (χ1n) is 8.62. The first-order chi connectivity index (χ1) is 10.8. The van der Waals surface area contributed by atoms with E-state index < -0.39 is 0 Å². The van der Waals surface area contributed by atoms with Crippen LogP contribution in [0.4, 0.5) is 0 Å². The van der Waals surface area contributed by atoms with Crippen molar-refractivity contribution >= 4 is 11.8 Å². The maximum absolute atomic E-state index is 6.14. The zero-order chi connectivity index (χ0) is 15.2. The molecule has 0 amide bonds. The molecule has 0 radical (unpaired) electrons. The minimum atomic E-state index is -0.0628. The summed E-state index contributed by atoms with van der Waals surface area (Å²) in [6.07, 6.45) is 8.18. The average molecular weight is 318 g/mol. The van der Waals surface area contributed by atoms with Crippen LogP contribution in [0.1, 0.15) is 39.0 Å². The van der Waals surface area contributed by atoms with Crippen molar-refractivity contribution in [1.29, 1.82) is 0 Å². The fourth-order valence-electron chi connectivity index (χ4n) is 4.68. The molecule has 1 fully saturated rings. The summed E-state index contributed by atoms with van der Waals surface area (Å²) in [4.78, 5) is 4.15. The third-order valence-corrected chi connectivity index (χ3v) is 6.82. The van der Waals surface area contributed by atoms with Crippen LogP contribution in [0.5, 0.6) is 0 Å². The van der Waals surface area contributed by atoms with E-state index in [1.54, 1.807) is 11.1 Å². The molecule has 0 spiro atoms. The Hall–Kier alpha value is -0.710. The third kappa shape index (κ3) is 2.04. The highest BCUT2D eigenvalue weighted by Crippen LogP contribution is 2.53. The molecule has 1 aliphatic carbocycles. The smallest absolute Gasteiger partial charge is 0.101 e. The van der Waals surface area contributed by atoms with E-state index in [4.69, 9.17) is 4.74 Å². The molecular formula is C18H26N2OS. The maximum atomic E-state index is 6.14. The van der Waals surface area contributed by atoms with Crippen molar-refractivity contribution in [3.05, 3.63) is 33.2 Å². The van der Waals surface area contributed by atoms with Gasteiger partial charge >= 0.3 is 0 Å². The zero-order valence-corrected chi connectivity index (χ0v) is 14.5. The van der Waals surface area contributed by atoms with E-state index in [0.717, 1.165) is 32.5 Å². The highest BCUT2D eigenvalue weighted by Gasteiger charge is 2.47. The van der Waals surface area contributed by atoms with Crippen LogP contribution < -0.4 is 5.32 Å². The molecule has 4 aliphatic rings. The van der Waals surface area contributed by atoms with Gasteiger partial charge in [0.15, 0.2) is 0 Å². The molecule has 0 bridgehead atoms. The number of thioether (sulfide) groups is 1. The van der Waals surface area contributed by atoms with Crippen LogP contribution in [0.3, 0.4) is 0 Å². The van der Waals surface area contributed by atoms with E-state index in [9.17, 15) is 0 Å². The van der Waals surface area contributed by atoms with Gasteiger partial charge in [0, 0.05) is 25.1 Å². The van der Waals surface area contributed by atoms with Crippen LogP contribution in [0.2, 0.25) is 0 Å². The molecule has 22 heavy (non-hydrogen) atoms. The van der Waals surface area contributed by atoms with Gasteiger partial charge in [-0.1, -0.05) is 31.2 Å². The molecule has 0 aromatic heterocycles. The third-order valence-electron chi connectivity index (χ3n) is 5.69. The lowest BCUT2D eigenvalue weighted by atomic mass is 9.81. The molecule has 0 aromatic rings. The quantitative estimate of drug-likeness (QED) is 0.862. The second-order valence-corrected chi connectivity index (χ2v) is 7.67. The number of hydrogen-bond acceptors (Lipinski definition) is 4. The topological polar surface area (TPSA) is 24.5 Å². The second kappa shape index (κ2) is 5.73. The number of rotatable bonds is 3. The van der Waals surface area contributed by atoms with Gasteiger partial charge in [0.1, 0.15) is 5.60 Å². The van der Waals surface area contributed by atoms with Crippen molar-refractivity contribution in [1.82, 2.24) is 10.2 Å². The number of ether oxygens (including phenoxy) is 1. The summed E-state index contributed by atoms with van der Waals surface area (Å²) in [7, 11) is 1.91. The molecule has 0 aromatic carbocycles. The summed E-state index contributed by atoms with van der Waals surface area (Å²) in [6, 6.07) is 0.624. The molecule has 2 unspecified atom stereocenters. The summed E-state index contributed by atoms with van der Waals surface area (Å²) < 4.78 is 6.14. The predicted molar refractivity (Wildman–Crippen MR) is 92.6 cm³/mol. The van der Waals surface area contributed by atoms with Crippen molar-refractivity contribution in [2.24, 2.45) is 0 Å². The molecule has 3 heterocycles. The fraction of sp³-hybridized carbons (Fsp3) is 0.667. The molecule has 4 rings (SSSR count). The normalized spacial score (nSPS) is 33.9. The zero-order valence-electron chi connectivity index (χ0n) is 13.7. The summed E-state index contributed by atoms with van der Waals surface area (Å²) in [5, 5.41) is 5.87. The predicted octanol–water partition coefficient (Wildman–Crippen LogP) is 3.41. The van der Waals surface area contributed by atoms with Crippen LogP contribution in [0, 0.1) is 0 Å². The number of fused-ring (bicyclic) bond motifs is 2. The van der Waals surface area contributed by atoms with E-state index in [1.807, 2.05) is 18.9 Å². The Balaban J connectivity index is 1.87. The van der Waals surface area contributed by atoms with E-state index >= 15 is 0 Å². The summed E-state index contributed by atoms with van der Waals surface area (Å²) in [5.74, 6) is 0. The van der Waals surface area contributed by atoms with Gasteiger partial charge in [-0.2, -0.15) is 0 Å². The summed E-state index contributed by atoms with van der Waals surface area (Å²) in [6.45, 7) is 5.54. The number of nitrogens with zero attached hydrogens (tertiary/aromatic N) is 1. The number of hydrogen-bond donors (Lipinski definition) is 1. The standard InChI is InChI=1S/C18H26N2OS/c1-3-7-18(21-2)8-5-13-14-12-19-9-6-15(14)20-10-4-11-22-17(18)16(13)20/h4,11,15,19H,3,5-10,12H2,1-2H3. The molecule has 2 atom stereocenters. The molecular weight excluding hydrogens is 292 g/mol. The molecule has 3 nitrogen and oxygen atoms in total. The average Bonchev–Trinajstić information content (AvgIpc) is 2.71. The Morgan fingerprint density at radius 1 is 1.50 bits per heavy atom.